The second kappa shape index (κ2) is 9.64. The number of methoxy groups -OCH3 is 2. The van der Waals surface area contributed by atoms with E-state index in [0.717, 1.165) is 24.3 Å². The van der Waals surface area contributed by atoms with Crippen LogP contribution in [0.4, 0.5) is 0 Å². The summed E-state index contributed by atoms with van der Waals surface area (Å²) in [7, 11) is 3.33. The molecular weight excluding hydrogens is 268 g/mol. The molecule has 0 aliphatic carbocycles. The quantitative estimate of drug-likeness (QED) is 0.673. The van der Waals surface area contributed by atoms with Crippen molar-refractivity contribution in [2.45, 2.75) is 32.6 Å². The van der Waals surface area contributed by atoms with E-state index in [4.69, 9.17) is 14.2 Å². The summed E-state index contributed by atoms with van der Waals surface area (Å²) in [6, 6.07) is 6.03. The van der Waals surface area contributed by atoms with E-state index in [1.807, 2.05) is 12.1 Å². The van der Waals surface area contributed by atoms with Crippen LogP contribution in [0, 0.1) is 5.92 Å². The van der Waals surface area contributed by atoms with Crippen molar-refractivity contribution in [2.75, 3.05) is 34.0 Å². The van der Waals surface area contributed by atoms with Crippen LogP contribution < -0.4 is 9.47 Å². The van der Waals surface area contributed by atoms with Crippen molar-refractivity contribution in [1.82, 2.24) is 0 Å². The zero-order valence-electron chi connectivity index (χ0n) is 13.6. The van der Waals surface area contributed by atoms with Gasteiger partial charge in [-0.1, -0.05) is 19.9 Å². The normalized spacial score (nSPS) is 12.5. The molecular formula is C17H28O4. The Balaban J connectivity index is 2.86. The average molecular weight is 296 g/mol. The molecule has 0 unspecified atom stereocenters. The minimum absolute atomic E-state index is 0.193. The van der Waals surface area contributed by atoms with Gasteiger partial charge in [-0.3, -0.25) is 0 Å². The lowest BCUT2D eigenvalue weighted by Crippen LogP contribution is -2.10. The summed E-state index contributed by atoms with van der Waals surface area (Å²) in [5.41, 5.74) is 1.18. The van der Waals surface area contributed by atoms with Crippen LogP contribution in [-0.2, 0) is 4.74 Å². The number of hydrogen-bond donors (Lipinski definition) is 1. The third-order valence-corrected chi connectivity index (χ3v) is 3.61. The van der Waals surface area contributed by atoms with E-state index in [1.165, 1.54) is 5.56 Å². The van der Waals surface area contributed by atoms with Gasteiger partial charge in [0.15, 0.2) is 11.5 Å². The third-order valence-electron chi connectivity index (χ3n) is 3.61. The lowest BCUT2D eigenvalue weighted by Gasteiger charge is -2.22. The summed E-state index contributed by atoms with van der Waals surface area (Å²) < 4.78 is 16.2. The van der Waals surface area contributed by atoms with Gasteiger partial charge < -0.3 is 19.3 Å². The lowest BCUT2D eigenvalue weighted by molar-refractivity contribution is 0.170. The number of rotatable bonds is 10. The topological polar surface area (TPSA) is 47.9 Å². The summed E-state index contributed by atoms with van der Waals surface area (Å²) >= 11 is 0. The Morgan fingerprint density at radius 2 is 1.86 bits per heavy atom. The molecule has 0 saturated heterocycles. The van der Waals surface area contributed by atoms with Gasteiger partial charge in [0.05, 0.1) is 13.7 Å². The molecule has 4 nitrogen and oxygen atoms in total. The Labute approximate surface area is 128 Å². The number of aliphatic hydroxyl groups excluding tert-OH is 1. The van der Waals surface area contributed by atoms with Crippen molar-refractivity contribution in [2.24, 2.45) is 5.92 Å². The molecule has 0 spiro atoms. The highest BCUT2D eigenvalue weighted by Gasteiger charge is 2.17. The summed E-state index contributed by atoms with van der Waals surface area (Å²) in [6.07, 6.45) is 1.60. The Morgan fingerprint density at radius 3 is 2.43 bits per heavy atom. The number of benzene rings is 1. The Morgan fingerprint density at radius 1 is 1.10 bits per heavy atom. The first-order valence-electron chi connectivity index (χ1n) is 7.54. The van der Waals surface area contributed by atoms with Gasteiger partial charge in [0.1, 0.15) is 0 Å². The Bertz CT molecular complexity index is 404. The number of aliphatic hydroxyl groups is 1. The van der Waals surface area contributed by atoms with Gasteiger partial charge in [-0.25, -0.2) is 0 Å². The first-order chi connectivity index (χ1) is 10.1. The maximum atomic E-state index is 9.25. The first kappa shape index (κ1) is 17.8. The van der Waals surface area contributed by atoms with Gasteiger partial charge in [0.2, 0.25) is 0 Å². The average Bonchev–Trinajstić information content (AvgIpc) is 2.48. The molecule has 4 heteroatoms. The summed E-state index contributed by atoms with van der Waals surface area (Å²) in [5, 5.41) is 9.25. The van der Waals surface area contributed by atoms with Crippen molar-refractivity contribution < 1.29 is 19.3 Å². The maximum Gasteiger partial charge on any atom is 0.161 e. The second-order valence-corrected chi connectivity index (χ2v) is 5.47. The predicted octanol–water partition coefficient (Wildman–Crippen LogP) is 3.23. The van der Waals surface area contributed by atoms with Gasteiger partial charge in [-0.15, -0.1) is 0 Å². The van der Waals surface area contributed by atoms with Crippen molar-refractivity contribution in [3.05, 3.63) is 23.8 Å². The molecule has 0 amide bonds. The minimum atomic E-state index is 0.193. The largest absolute Gasteiger partial charge is 0.493 e. The SMILES string of the molecule is COCCCOc1cc([C@H](CCO)C(C)C)ccc1OC. The smallest absolute Gasteiger partial charge is 0.161 e. The van der Waals surface area contributed by atoms with E-state index in [9.17, 15) is 5.11 Å². The number of hydrogen-bond acceptors (Lipinski definition) is 4. The molecule has 1 atom stereocenters. The van der Waals surface area contributed by atoms with Crippen LogP contribution >= 0.6 is 0 Å². The lowest BCUT2D eigenvalue weighted by atomic mass is 9.86. The predicted molar refractivity (Wildman–Crippen MR) is 84.3 cm³/mol. The van der Waals surface area contributed by atoms with Crippen LogP contribution in [-0.4, -0.2) is 39.1 Å². The second-order valence-electron chi connectivity index (χ2n) is 5.47. The van der Waals surface area contributed by atoms with Gasteiger partial charge in [0.25, 0.3) is 0 Å². The van der Waals surface area contributed by atoms with E-state index in [0.29, 0.717) is 25.0 Å². The zero-order chi connectivity index (χ0) is 15.7. The molecule has 1 aromatic carbocycles. The fraction of sp³-hybridized carbons (Fsp3) is 0.647. The van der Waals surface area contributed by atoms with Crippen LogP contribution in [0.3, 0.4) is 0 Å². The van der Waals surface area contributed by atoms with Crippen molar-refractivity contribution in [1.29, 1.82) is 0 Å². The highest BCUT2D eigenvalue weighted by molar-refractivity contribution is 5.44. The summed E-state index contributed by atoms with van der Waals surface area (Å²) in [4.78, 5) is 0. The highest BCUT2D eigenvalue weighted by atomic mass is 16.5. The third kappa shape index (κ3) is 5.56. The molecule has 0 saturated carbocycles. The Kier molecular flexibility index (Phi) is 8.16. The van der Waals surface area contributed by atoms with Crippen LogP contribution in [0.25, 0.3) is 0 Å². The fourth-order valence-electron chi connectivity index (χ4n) is 2.45. The molecule has 0 aliphatic rings. The van der Waals surface area contributed by atoms with E-state index in [1.54, 1.807) is 14.2 Å². The molecule has 0 bridgehead atoms. The van der Waals surface area contributed by atoms with Crippen molar-refractivity contribution in [3.63, 3.8) is 0 Å². The first-order valence-corrected chi connectivity index (χ1v) is 7.54. The van der Waals surface area contributed by atoms with Crippen molar-refractivity contribution in [3.8, 4) is 11.5 Å². The van der Waals surface area contributed by atoms with Gasteiger partial charge in [-0.05, 0) is 36.0 Å². The highest BCUT2D eigenvalue weighted by Crippen LogP contribution is 2.35. The molecule has 1 N–H and O–H groups in total. The molecule has 120 valence electrons. The molecule has 21 heavy (non-hydrogen) atoms. The monoisotopic (exact) mass is 296 g/mol. The standard InChI is InChI=1S/C17H28O4/c1-13(2)15(8-9-18)14-6-7-16(20-4)17(12-14)21-11-5-10-19-3/h6-7,12-13,15,18H,5,8-11H2,1-4H3/t15-/m1/s1. The van der Waals surface area contributed by atoms with Crippen LogP contribution in [0.2, 0.25) is 0 Å². The van der Waals surface area contributed by atoms with E-state index < -0.39 is 0 Å². The molecule has 1 aromatic rings. The van der Waals surface area contributed by atoms with E-state index in [-0.39, 0.29) is 6.61 Å². The number of ether oxygens (including phenoxy) is 3. The van der Waals surface area contributed by atoms with Crippen LogP contribution in [0.5, 0.6) is 11.5 Å². The van der Waals surface area contributed by atoms with Gasteiger partial charge in [0, 0.05) is 26.7 Å². The van der Waals surface area contributed by atoms with Gasteiger partial charge in [-0.2, -0.15) is 0 Å². The molecule has 0 aliphatic heterocycles. The van der Waals surface area contributed by atoms with Crippen LogP contribution in [0.1, 0.15) is 38.2 Å². The maximum absolute atomic E-state index is 9.25. The Hall–Kier alpha value is -1.26. The van der Waals surface area contributed by atoms with E-state index >= 15 is 0 Å². The molecule has 0 fully saturated rings. The fourth-order valence-corrected chi connectivity index (χ4v) is 2.45. The molecule has 0 heterocycles. The summed E-state index contributed by atoms with van der Waals surface area (Å²) in [5.74, 6) is 2.28. The molecule has 0 aromatic heterocycles. The minimum Gasteiger partial charge on any atom is -0.493 e. The zero-order valence-corrected chi connectivity index (χ0v) is 13.6. The van der Waals surface area contributed by atoms with Gasteiger partial charge >= 0.3 is 0 Å². The molecule has 1 rings (SSSR count). The van der Waals surface area contributed by atoms with E-state index in [2.05, 4.69) is 19.9 Å². The van der Waals surface area contributed by atoms with Crippen LogP contribution in [0.15, 0.2) is 18.2 Å². The summed E-state index contributed by atoms with van der Waals surface area (Å²) in [6.45, 7) is 5.81. The molecule has 0 radical (unpaired) electrons. The van der Waals surface area contributed by atoms with Crippen molar-refractivity contribution >= 4 is 0 Å².